The van der Waals surface area contributed by atoms with Gasteiger partial charge in [-0.1, -0.05) is 13.0 Å². The highest BCUT2D eigenvalue weighted by molar-refractivity contribution is 7.10. The predicted molar refractivity (Wildman–Crippen MR) is 72.1 cm³/mol. The maximum atomic E-state index is 4.38. The second kappa shape index (κ2) is 5.98. The Morgan fingerprint density at radius 3 is 3.00 bits per heavy atom. The van der Waals surface area contributed by atoms with Crippen LogP contribution in [0.15, 0.2) is 29.9 Å². The molecule has 0 aromatic carbocycles. The highest BCUT2D eigenvalue weighted by Crippen LogP contribution is 2.21. The molecule has 0 radical (unpaired) electrons. The van der Waals surface area contributed by atoms with E-state index in [4.69, 9.17) is 0 Å². The van der Waals surface area contributed by atoms with Gasteiger partial charge < -0.3 is 9.88 Å². The van der Waals surface area contributed by atoms with Crippen LogP contribution in [0.5, 0.6) is 0 Å². The Hall–Kier alpha value is -1.13. The minimum absolute atomic E-state index is 0.442. The average molecular weight is 249 g/mol. The molecule has 92 valence electrons. The summed E-state index contributed by atoms with van der Waals surface area (Å²) in [4.78, 5) is 5.78. The monoisotopic (exact) mass is 249 g/mol. The Kier molecular flexibility index (Phi) is 4.34. The van der Waals surface area contributed by atoms with Crippen LogP contribution in [-0.4, -0.2) is 9.55 Å². The summed E-state index contributed by atoms with van der Waals surface area (Å²) in [6.45, 7) is 6.16. The van der Waals surface area contributed by atoms with Gasteiger partial charge in [0.05, 0.1) is 6.54 Å². The van der Waals surface area contributed by atoms with Crippen molar-refractivity contribution in [2.75, 3.05) is 0 Å². The lowest BCUT2D eigenvalue weighted by Gasteiger charge is -2.15. The molecule has 2 rings (SSSR count). The van der Waals surface area contributed by atoms with Gasteiger partial charge in [0.1, 0.15) is 5.82 Å². The SMILES string of the molecule is CCC(NCc1nccn1CC)c1cccs1. The molecule has 0 aliphatic carbocycles. The normalized spacial score (nSPS) is 12.8. The molecule has 0 bridgehead atoms. The lowest BCUT2D eigenvalue weighted by molar-refractivity contribution is 0.503. The summed E-state index contributed by atoms with van der Waals surface area (Å²) in [5.74, 6) is 1.11. The number of aromatic nitrogens is 2. The van der Waals surface area contributed by atoms with Crippen molar-refractivity contribution in [1.29, 1.82) is 0 Å². The summed E-state index contributed by atoms with van der Waals surface area (Å²) in [6, 6.07) is 4.74. The van der Waals surface area contributed by atoms with Crippen LogP contribution in [0.4, 0.5) is 0 Å². The minimum Gasteiger partial charge on any atom is -0.334 e. The van der Waals surface area contributed by atoms with E-state index in [0.717, 1.165) is 25.3 Å². The van der Waals surface area contributed by atoms with Gasteiger partial charge in [-0.2, -0.15) is 0 Å². The van der Waals surface area contributed by atoms with Crippen molar-refractivity contribution < 1.29 is 0 Å². The van der Waals surface area contributed by atoms with E-state index in [9.17, 15) is 0 Å². The Balaban J connectivity index is 1.97. The van der Waals surface area contributed by atoms with Crippen LogP contribution in [0.25, 0.3) is 0 Å². The van der Waals surface area contributed by atoms with Crippen LogP contribution < -0.4 is 5.32 Å². The van der Waals surface area contributed by atoms with Gasteiger partial charge in [-0.3, -0.25) is 0 Å². The molecule has 0 spiro atoms. The third-order valence-electron chi connectivity index (χ3n) is 2.94. The Labute approximate surface area is 107 Å². The van der Waals surface area contributed by atoms with Crippen LogP contribution in [0, 0.1) is 0 Å². The number of thiophene rings is 1. The lowest BCUT2D eigenvalue weighted by Crippen LogP contribution is -2.21. The molecule has 4 heteroatoms. The Bertz CT molecular complexity index is 433. The summed E-state index contributed by atoms with van der Waals surface area (Å²) >= 11 is 1.81. The van der Waals surface area contributed by atoms with Gasteiger partial charge in [-0.05, 0) is 24.8 Å². The molecule has 2 heterocycles. The third kappa shape index (κ3) is 2.96. The van der Waals surface area contributed by atoms with E-state index < -0.39 is 0 Å². The smallest absolute Gasteiger partial charge is 0.122 e. The zero-order chi connectivity index (χ0) is 12.1. The quantitative estimate of drug-likeness (QED) is 0.852. The standard InChI is InChI=1S/C13H19N3S/c1-3-11(12-6-5-9-17-12)15-10-13-14-7-8-16(13)4-2/h5-9,11,15H,3-4,10H2,1-2H3. The van der Waals surface area contributed by atoms with Crippen LogP contribution >= 0.6 is 11.3 Å². The number of hydrogen-bond donors (Lipinski definition) is 1. The maximum absolute atomic E-state index is 4.38. The first-order valence-electron chi connectivity index (χ1n) is 6.12. The average Bonchev–Trinajstić information content (AvgIpc) is 2.99. The highest BCUT2D eigenvalue weighted by Gasteiger charge is 2.10. The largest absolute Gasteiger partial charge is 0.334 e. The molecule has 2 aromatic heterocycles. The fourth-order valence-electron chi connectivity index (χ4n) is 1.95. The molecule has 0 saturated heterocycles. The van der Waals surface area contributed by atoms with E-state index in [-0.39, 0.29) is 0 Å². The van der Waals surface area contributed by atoms with E-state index in [1.807, 2.05) is 23.7 Å². The van der Waals surface area contributed by atoms with Gasteiger partial charge in [-0.15, -0.1) is 11.3 Å². The Morgan fingerprint density at radius 2 is 2.35 bits per heavy atom. The molecule has 1 N–H and O–H groups in total. The van der Waals surface area contributed by atoms with Crippen molar-refractivity contribution in [3.8, 4) is 0 Å². The first-order chi connectivity index (χ1) is 8.35. The number of hydrogen-bond acceptors (Lipinski definition) is 3. The Morgan fingerprint density at radius 1 is 1.47 bits per heavy atom. The molecule has 0 aliphatic rings. The van der Waals surface area contributed by atoms with Crippen molar-refractivity contribution >= 4 is 11.3 Å². The first-order valence-corrected chi connectivity index (χ1v) is 6.99. The first kappa shape index (κ1) is 12.3. The molecule has 3 nitrogen and oxygen atoms in total. The molecule has 0 amide bonds. The molecule has 17 heavy (non-hydrogen) atoms. The zero-order valence-corrected chi connectivity index (χ0v) is 11.2. The van der Waals surface area contributed by atoms with Crippen molar-refractivity contribution in [3.63, 3.8) is 0 Å². The summed E-state index contributed by atoms with van der Waals surface area (Å²) in [7, 11) is 0. The summed E-state index contributed by atoms with van der Waals surface area (Å²) in [5.41, 5.74) is 0. The van der Waals surface area contributed by atoms with Crippen LogP contribution in [0.1, 0.15) is 37.0 Å². The summed E-state index contributed by atoms with van der Waals surface area (Å²) < 4.78 is 2.17. The number of aryl methyl sites for hydroxylation is 1. The summed E-state index contributed by atoms with van der Waals surface area (Å²) in [6.07, 6.45) is 5.00. The van der Waals surface area contributed by atoms with Crippen molar-refractivity contribution in [2.24, 2.45) is 0 Å². The molecule has 0 saturated carbocycles. The van der Waals surface area contributed by atoms with Gasteiger partial charge in [0.2, 0.25) is 0 Å². The highest BCUT2D eigenvalue weighted by atomic mass is 32.1. The fraction of sp³-hybridized carbons (Fsp3) is 0.462. The zero-order valence-electron chi connectivity index (χ0n) is 10.4. The minimum atomic E-state index is 0.442. The number of nitrogens with one attached hydrogen (secondary N) is 1. The van der Waals surface area contributed by atoms with Gasteiger partial charge in [0.15, 0.2) is 0 Å². The number of imidazole rings is 1. The molecule has 1 unspecified atom stereocenters. The van der Waals surface area contributed by atoms with E-state index in [0.29, 0.717) is 6.04 Å². The predicted octanol–water partition coefficient (Wildman–Crippen LogP) is 3.21. The van der Waals surface area contributed by atoms with Crippen LogP contribution in [0.3, 0.4) is 0 Å². The van der Waals surface area contributed by atoms with Gasteiger partial charge in [-0.25, -0.2) is 4.98 Å². The molecular weight excluding hydrogens is 230 g/mol. The van der Waals surface area contributed by atoms with Gasteiger partial charge in [0.25, 0.3) is 0 Å². The molecule has 0 aliphatic heterocycles. The molecule has 2 aromatic rings. The van der Waals surface area contributed by atoms with Crippen LogP contribution in [-0.2, 0) is 13.1 Å². The third-order valence-corrected chi connectivity index (χ3v) is 3.93. The fourth-order valence-corrected chi connectivity index (χ4v) is 2.83. The van der Waals surface area contributed by atoms with E-state index in [2.05, 4.69) is 46.2 Å². The number of rotatable bonds is 6. The topological polar surface area (TPSA) is 29.9 Å². The molecule has 0 fully saturated rings. The molecular formula is C13H19N3S. The summed E-state index contributed by atoms with van der Waals surface area (Å²) in [5, 5.41) is 5.71. The van der Waals surface area contributed by atoms with Crippen molar-refractivity contribution in [3.05, 3.63) is 40.6 Å². The van der Waals surface area contributed by atoms with Crippen LogP contribution in [0.2, 0.25) is 0 Å². The van der Waals surface area contributed by atoms with Gasteiger partial charge >= 0.3 is 0 Å². The lowest BCUT2D eigenvalue weighted by atomic mass is 10.2. The maximum Gasteiger partial charge on any atom is 0.122 e. The second-order valence-corrected chi connectivity index (χ2v) is 4.97. The van der Waals surface area contributed by atoms with E-state index in [1.165, 1.54) is 4.88 Å². The number of nitrogens with zero attached hydrogens (tertiary/aromatic N) is 2. The van der Waals surface area contributed by atoms with Crippen molar-refractivity contribution in [1.82, 2.24) is 14.9 Å². The molecule has 1 atom stereocenters. The second-order valence-electron chi connectivity index (χ2n) is 3.99. The van der Waals surface area contributed by atoms with Crippen molar-refractivity contribution in [2.45, 2.75) is 39.4 Å². The van der Waals surface area contributed by atoms with E-state index >= 15 is 0 Å². The van der Waals surface area contributed by atoms with Gasteiger partial charge in [0, 0.05) is 29.9 Å². The van der Waals surface area contributed by atoms with E-state index in [1.54, 1.807) is 0 Å².